The first-order valence-corrected chi connectivity index (χ1v) is 8.77. The Balaban J connectivity index is 0.00000312. The smallest absolute Gasteiger partial charge is 0.222 e. The van der Waals surface area contributed by atoms with Crippen molar-refractivity contribution in [2.75, 3.05) is 6.26 Å². The van der Waals surface area contributed by atoms with Crippen molar-refractivity contribution >= 4 is 30.1 Å². The highest BCUT2D eigenvalue weighted by molar-refractivity contribution is 7.98. The third kappa shape index (κ3) is 5.99. The second-order valence-corrected chi connectivity index (χ2v) is 6.51. The van der Waals surface area contributed by atoms with Gasteiger partial charge in [0.05, 0.1) is 6.04 Å². The van der Waals surface area contributed by atoms with E-state index < -0.39 is 17.7 Å². The molecule has 0 spiro atoms. The molecule has 2 atom stereocenters. The van der Waals surface area contributed by atoms with Gasteiger partial charge in [0.1, 0.15) is 0 Å². The Morgan fingerprint density at radius 3 is 2.44 bits per heavy atom. The molecule has 2 aromatic rings. The number of hydrogen-bond donors (Lipinski definition) is 2. The van der Waals surface area contributed by atoms with Crippen LogP contribution in [0.1, 0.15) is 30.5 Å². The van der Waals surface area contributed by atoms with E-state index >= 15 is 0 Å². The minimum absolute atomic E-state index is 0. The molecule has 3 N–H and O–H groups in total. The molecule has 0 bridgehead atoms. The Bertz CT molecular complexity index is 728. The first-order valence-electron chi connectivity index (χ1n) is 7.54. The van der Waals surface area contributed by atoms with Gasteiger partial charge in [0.25, 0.3) is 0 Å². The zero-order valence-corrected chi connectivity index (χ0v) is 15.6. The molecule has 0 aliphatic heterocycles. The van der Waals surface area contributed by atoms with Gasteiger partial charge in [0.15, 0.2) is 11.6 Å². The number of nitrogens with one attached hydrogen (secondary N) is 1. The molecule has 0 aliphatic carbocycles. The van der Waals surface area contributed by atoms with Crippen LogP contribution in [0.15, 0.2) is 47.4 Å². The van der Waals surface area contributed by atoms with Gasteiger partial charge in [-0.3, -0.25) is 4.79 Å². The maximum Gasteiger partial charge on any atom is 0.222 e. The highest BCUT2D eigenvalue weighted by atomic mass is 35.5. The number of nitrogens with two attached hydrogens (primary N) is 1. The standard InChI is InChI=1S/C18H20F2N2OS.ClH/c1-11(21)8-17(23)22-18(12-4-3-5-14(9-12)24-2)13-6-7-15(19)16(20)10-13;/h3-7,9-11,18H,8,21H2,1-2H3,(H,22,23);1H. The molecule has 2 unspecified atom stereocenters. The van der Waals surface area contributed by atoms with E-state index in [1.54, 1.807) is 18.7 Å². The van der Waals surface area contributed by atoms with Crippen LogP contribution >= 0.6 is 24.2 Å². The predicted molar refractivity (Wildman–Crippen MR) is 100 cm³/mol. The minimum atomic E-state index is -0.944. The number of thioether (sulfide) groups is 1. The molecule has 3 nitrogen and oxygen atoms in total. The van der Waals surface area contributed by atoms with Gasteiger partial charge in [-0.25, -0.2) is 8.78 Å². The van der Waals surface area contributed by atoms with Crippen molar-refractivity contribution in [2.45, 2.75) is 30.3 Å². The summed E-state index contributed by atoms with van der Waals surface area (Å²) in [7, 11) is 0. The van der Waals surface area contributed by atoms with Crippen LogP contribution in [0, 0.1) is 11.6 Å². The number of amides is 1. The average molecular weight is 387 g/mol. The number of carbonyl (C=O) groups excluding carboxylic acids is 1. The number of hydrogen-bond acceptors (Lipinski definition) is 3. The third-order valence-electron chi connectivity index (χ3n) is 3.52. The van der Waals surface area contributed by atoms with Crippen molar-refractivity contribution < 1.29 is 13.6 Å². The zero-order chi connectivity index (χ0) is 17.7. The highest BCUT2D eigenvalue weighted by Gasteiger charge is 2.19. The lowest BCUT2D eigenvalue weighted by molar-refractivity contribution is -0.121. The first kappa shape index (κ1) is 21.4. The van der Waals surface area contributed by atoms with Crippen LogP contribution in [0.3, 0.4) is 0 Å². The quantitative estimate of drug-likeness (QED) is 0.736. The van der Waals surface area contributed by atoms with Crippen molar-refractivity contribution in [1.29, 1.82) is 0 Å². The lowest BCUT2D eigenvalue weighted by atomic mass is 9.98. The van der Waals surface area contributed by atoms with Gasteiger partial charge in [-0.1, -0.05) is 18.2 Å². The van der Waals surface area contributed by atoms with E-state index in [1.165, 1.54) is 6.07 Å². The Morgan fingerprint density at radius 2 is 1.84 bits per heavy atom. The van der Waals surface area contributed by atoms with Crippen molar-refractivity contribution in [3.05, 3.63) is 65.2 Å². The molecule has 0 aromatic heterocycles. The van der Waals surface area contributed by atoms with Crippen molar-refractivity contribution in [3.63, 3.8) is 0 Å². The van der Waals surface area contributed by atoms with E-state index in [4.69, 9.17) is 5.73 Å². The molecule has 0 aliphatic rings. The Labute approximate surface area is 156 Å². The molecule has 0 saturated carbocycles. The molecule has 0 radical (unpaired) electrons. The largest absolute Gasteiger partial charge is 0.345 e. The van der Waals surface area contributed by atoms with Crippen LogP contribution in [-0.4, -0.2) is 18.2 Å². The lowest BCUT2D eigenvalue weighted by Gasteiger charge is -2.21. The molecular formula is C18H21ClF2N2OS. The molecule has 2 aromatic carbocycles. The van der Waals surface area contributed by atoms with Crippen molar-refractivity contribution in [2.24, 2.45) is 5.73 Å². The third-order valence-corrected chi connectivity index (χ3v) is 4.24. The van der Waals surface area contributed by atoms with Gasteiger partial charge in [0, 0.05) is 17.4 Å². The summed E-state index contributed by atoms with van der Waals surface area (Å²) in [6.07, 6.45) is 2.10. The molecule has 0 saturated heterocycles. The molecule has 136 valence electrons. The summed E-state index contributed by atoms with van der Waals surface area (Å²) in [5.74, 6) is -2.11. The van der Waals surface area contributed by atoms with E-state index in [1.807, 2.05) is 30.5 Å². The lowest BCUT2D eigenvalue weighted by Crippen LogP contribution is -2.33. The molecule has 0 fully saturated rings. The second kappa shape index (κ2) is 9.75. The highest BCUT2D eigenvalue weighted by Crippen LogP contribution is 2.27. The first-order chi connectivity index (χ1) is 11.4. The Morgan fingerprint density at radius 1 is 1.16 bits per heavy atom. The predicted octanol–water partition coefficient (Wildman–Crippen LogP) is 4.05. The van der Waals surface area contributed by atoms with Gasteiger partial charge < -0.3 is 11.1 Å². The molecule has 1 amide bonds. The molecule has 2 rings (SSSR count). The molecule has 7 heteroatoms. The maximum absolute atomic E-state index is 13.6. The van der Waals surface area contributed by atoms with Crippen LogP contribution in [0.2, 0.25) is 0 Å². The topological polar surface area (TPSA) is 55.1 Å². The summed E-state index contributed by atoms with van der Waals surface area (Å²) in [5, 5.41) is 2.86. The zero-order valence-electron chi connectivity index (χ0n) is 14.0. The van der Waals surface area contributed by atoms with Crippen LogP contribution in [0.25, 0.3) is 0 Å². The van der Waals surface area contributed by atoms with Gasteiger partial charge in [-0.05, 0) is 48.6 Å². The second-order valence-electron chi connectivity index (χ2n) is 5.63. The van der Waals surface area contributed by atoms with Crippen LogP contribution in [-0.2, 0) is 4.79 Å². The summed E-state index contributed by atoms with van der Waals surface area (Å²) in [5.41, 5.74) is 6.94. The number of halogens is 3. The summed E-state index contributed by atoms with van der Waals surface area (Å²) >= 11 is 1.56. The molecular weight excluding hydrogens is 366 g/mol. The molecule has 0 heterocycles. The summed E-state index contributed by atoms with van der Waals surface area (Å²) in [6.45, 7) is 1.74. The average Bonchev–Trinajstić information content (AvgIpc) is 2.54. The van der Waals surface area contributed by atoms with Crippen LogP contribution < -0.4 is 11.1 Å². The van der Waals surface area contributed by atoms with Gasteiger partial charge in [-0.15, -0.1) is 24.2 Å². The maximum atomic E-state index is 13.6. The van der Waals surface area contributed by atoms with Crippen LogP contribution in [0.4, 0.5) is 8.78 Å². The van der Waals surface area contributed by atoms with Gasteiger partial charge >= 0.3 is 0 Å². The minimum Gasteiger partial charge on any atom is -0.345 e. The summed E-state index contributed by atoms with van der Waals surface area (Å²) in [4.78, 5) is 13.2. The van der Waals surface area contributed by atoms with Gasteiger partial charge in [0.2, 0.25) is 5.91 Å². The molecule has 25 heavy (non-hydrogen) atoms. The number of carbonyl (C=O) groups is 1. The van der Waals surface area contributed by atoms with Crippen molar-refractivity contribution in [3.8, 4) is 0 Å². The monoisotopic (exact) mass is 386 g/mol. The Hall–Kier alpha value is -1.63. The van der Waals surface area contributed by atoms with E-state index in [-0.39, 0.29) is 30.8 Å². The summed E-state index contributed by atoms with van der Waals surface area (Å²) in [6, 6.07) is 10.4. The summed E-state index contributed by atoms with van der Waals surface area (Å²) < 4.78 is 26.9. The fraction of sp³-hybridized carbons (Fsp3) is 0.278. The van der Waals surface area contributed by atoms with E-state index in [0.29, 0.717) is 5.56 Å². The van der Waals surface area contributed by atoms with Crippen LogP contribution in [0.5, 0.6) is 0 Å². The number of rotatable bonds is 6. The van der Waals surface area contributed by atoms with Gasteiger partial charge in [-0.2, -0.15) is 0 Å². The SMILES string of the molecule is CSc1cccc(C(NC(=O)CC(C)N)c2ccc(F)c(F)c2)c1.Cl. The normalized spacial score (nSPS) is 12.8. The fourth-order valence-corrected chi connectivity index (χ4v) is 2.85. The van der Waals surface area contributed by atoms with E-state index in [2.05, 4.69) is 5.32 Å². The van der Waals surface area contributed by atoms with E-state index in [0.717, 1.165) is 22.6 Å². The van der Waals surface area contributed by atoms with E-state index in [9.17, 15) is 13.6 Å². The van der Waals surface area contributed by atoms with Crippen molar-refractivity contribution in [1.82, 2.24) is 5.32 Å². The fourth-order valence-electron chi connectivity index (χ4n) is 2.38. The Kier molecular flexibility index (Phi) is 8.35. The number of benzene rings is 2.